The highest BCUT2D eigenvalue weighted by atomic mass is 32.1. The molecule has 1 amide bonds. The van der Waals surface area contributed by atoms with Gasteiger partial charge in [-0.2, -0.15) is 4.99 Å². The largest absolute Gasteiger partial charge is 0.497 e. The van der Waals surface area contributed by atoms with Crippen molar-refractivity contribution >= 4 is 38.8 Å². The summed E-state index contributed by atoms with van der Waals surface area (Å²) in [6, 6.07) is 10.1. The van der Waals surface area contributed by atoms with Crippen molar-refractivity contribution in [1.29, 1.82) is 0 Å². The van der Waals surface area contributed by atoms with E-state index in [0.29, 0.717) is 16.2 Å². The van der Waals surface area contributed by atoms with Gasteiger partial charge in [-0.1, -0.05) is 17.3 Å². The summed E-state index contributed by atoms with van der Waals surface area (Å²) in [4.78, 5) is 30.9. The minimum absolute atomic E-state index is 0.0782. The van der Waals surface area contributed by atoms with Crippen molar-refractivity contribution in [2.75, 3.05) is 25.1 Å². The Hall–Kier alpha value is -3.64. The molecule has 0 bridgehead atoms. The molecule has 9 heteroatoms. The van der Waals surface area contributed by atoms with E-state index >= 15 is 0 Å². The molecule has 1 fully saturated rings. The van der Waals surface area contributed by atoms with Crippen molar-refractivity contribution in [1.82, 2.24) is 4.57 Å². The Labute approximate surface area is 188 Å². The lowest BCUT2D eigenvalue weighted by Crippen LogP contribution is -2.30. The van der Waals surface area contributed by atoms with E-state index in [9.17, 15) is 14.9 Å². The maximum atomic E-state index is 12.9. The number of piperidine rings is 1. The Morgan fingerprint density at radius 1 is 1.25 bits per heavy atom. The number of hydrogen-bond donors (Lipinski definition) is 0. The normalized spacial score (nSPS) is 14.4. The molecule has 0 spiro atoms. The lowest BCUT2D eigenvalue weighted by molar-refractivity contribution is -0.384. The fraction of sp³-hybridized carbons (Fsp3) is 0.304. The minimum atomic E-state index is -0.553. The van der Waals surface area contributed by atoms with Gasteiger partial charge < -0.3 is 14.2 Å². The zero-order valence-corrected chi connectivity index (χ0v) is 18.4. The Morgan fingerprint density at radius 3 is 2.72 bits per heavy atom. The predicted molar refractivity (Wildman–Crippen MR) is 124 cm³/mol. The van der Waals surface area contributed by atoms with E-state index < -0.39 is 10.8 Å². The van der Waals surface area contributed by atoms with Crippen LogP contribution in [0.2, 0.25) is 0 Å². The number of aromatic nitrogens is 1. The summed E-state index contributed by atoms with van der Waals surface area (Å²) < 4.78 is 7.91. The number of ether oxygens (including phenoxy) is 1. The number of thiazole rings is 1. The molecular weight excluding hydrogens is 428 g/mol. The fourth-order valence-electron chi connectivity index (χ4n) is 3.87. The monoisotopic (exact) mass is 450 g/mol. The van der Waals surface area contributed by atoms with Gasteiger partial charge in [0.2, 0.25) is 0 Å². The van der Waals surface area contributed by atoms with Crippen LogP contribution in [0.1, 0.15) is 29.6 Å². The second kappa shape index (κ2) is 9.24. The van der Waals surface area contributed by atoms with Gasteiger partial charge in [-0.15, -0.1) is 6.42 Å². The van der Waals surface area contributed by atoms with Gasteiger partial charge in [-0.25, -0.2) is 0 Å². The van der Waals surface area contributed by atoms with E-state index in [-0.39, 0.29) is 17.8 Å². The number of terminal acetylenes is 1. The summed E-state index contributed by atoms with van der Waals surface area (Å²) in [5.74, 6) is 2.72. The molecule has 0 aliphatic carbocycles. The number of hydrogen-bond acceptors (Lipinski definition) is 6. The Balaban J connectivity index is 1.75. The molecule has 0 saturated carbocycles. The number of amides is 1. The second-order valence-electron chi connectivity index (χ2n) is 7.43. The van der Waals surface area contributed by atoms with Crippen molar-refractivity contribution in [3.05, 3.63) is 56.9 Å². The Bertz CT molecular complexity index is 1300. The molecule has 1 aliphatic rings. The van der Waals surface area contributed by atoms with E-state index in [1.165, 1.54) is 17.4 Å². The molecule has 1 aromatic heterocycles. The molecule has 2 aromatic carbocycles. The SMILES string of the molecule is C#CCn1c(=NC(=O)c2ccc(N3CCCCC3)c([N+](=O)[O-])c2)sc2cc(OC)ccc21. The second-order valence-corrected chi connectivity index (χ2v) is 8.44. The first-order valence-electron chi connectivity index (χ1n) is 10.2. The molecular formula is C23H22N4O4S. The molecule has 0 radical (unpaired) electrons. The first kappa shape index (κ1) is 21.6. The summed E-state index contributed by atoms with van der Waals surface area (Å²) in [6.45, 7) is 1.79. The van der Waals surface area contributed by atoms with E-state index in [1.807, 2.05) is 23.1 Å². The van der Waals surface area contributed by atoms with Gasteiger partial charge in [-0.05, 0) is 49.6 Å². The average molecular weight is 451 g/mol. The van der Waals surface area contributed by atoms with Crippen molar-refractivity contribution in [2.45, 2.75) is 25.8 Å². The smallest absolute Gasteiger partial charge is 0.293 e. The van der Waals surface area contributed by atoms with Crippen LogP contribution in [0.3, 0.4) is 0 Å². The maximum absolute atomic E-state index is 12.9. The van der Waals surface area contributed by atoms with Crippen molar-refractivity contribution in [2.24, 2.45) is 4.99 Å². The van der Waals surface area contributed by atoms with Crippen molar-refractivity contribution < 1.29 is 14.5 Å². The van der Waals surface area contributed by atoms with Gasteiger partial charge in [0, 0.05) is 24.7 Å². The van der Waals surface area contributed by atoms with Gasteiger partial charge in [0.25, 0.3) is 11.6 Å². The van der Waals surface area contributed by atoms with Crippen LogP contribution in [0.4, 0.5) is 11.4 Å². The lowest BCUT2D eigenvalue weighted by Gasteiger charge is -2.28. The first-order valence-corrected chi connectivity index (χ1v) is 11.1. The molecule has 4 rings (SSSR count). The van der Waals surface area contributed by atoms with E-state index in [2.05, 4.69) is 10.9 Å². The highest BCUT2D eigenvalue weighted by Crippen LogP contribution is 2.31. The zero-order valence-electron chi connectivity index (χ0n) is 17.6. The first-order chi connectivity index (χ1) is 15.5. The van der Waals surface area contributed by atoms with Gasteiger partial charge in [-0.3, -0.25) is 14.9 Å². The summed E-state index contributed by atoms with van der Waals surface area (Å²) in [5, 5.41) is 11.7. The molecule has 0 unspecified atom stereocenters. The molecule has 2 heterocycles. The third-order valence-electron chi connectivity index (χ3n) is 5.45. The summed E-state index contributed by atoms with van der Waals surface area (Å²) in [6.07, 6.45) is 8.64. The van der Waals surface area contributed by atoms with Gasteiger partial charge in [0.05, 0.1) is 28.8 Å². The molecule has 164 valence electrons. The van der Waals surface area contributed by atoms with Crippen molar-refractivity contribution in [3.8, 4) is 18.1 Å². The van der Waals surface area contributed by atoms with Crippen LogP contribution in [0.5, 0.6) is 5.75 Å². The van der Waals surface area contributed by atoms with E-state index in [1.54, 1.807) is 23.8 Å². The molecule has 8 nitrogen and oxygen atoms in total. The zero-order chi connectivity index (χ0) is 22.7. The molecule has 1 saturated heterocycles. The number of nitrogens with zero attached hydrogens (tertiary/aromatic N) is 4. The van der Waals surface area contributed by atoms with E-state index in [4.69, 9.17) is 11.2 Å². The molecule has 0 atom stereocenters. The number of methoxy groups -OCH3 is 1. The highest BCUT2D eigenvalue weighted by molar-refractivity contribution is 7.16. The Kier molecular flexibility index (Phi) is 6.23. The van der Waals surface area contributed by atoms with Crippen LogP contribution in [0, 0.1) is 22.5 Å². The van der Waals surface area contributed by atoms with Gasteiger partial charge in [0.15, 0.2) is 4.80 Å². The number of benzene rings is 2. The average Bonchev–Trinajstić information content (AvgIpc) is 3.15. The van der Waals surface area contributed by atoms with Crippen LogP contribution in [0.25, 0.3) is 10.2 Å². The van der Waals surface area contributed by atoms with Crippen LogP contribution < -0.4 is 14.4 Å². The third-order valence-corrected chi connectivity index (χ3v) is 6.49. The van der Waals surface area contributed by atoms with Crippen LogP contribution >= 0.6 is 11.3 Å². The Morgan fingerprint density at radius 2 is 2.03 bits per heavy atom. The summed E-state index contributed by atoms with van der Waals surface area (Å²) in [5.41, 5.74) is 1.47. The minimum Gasteiger partial charge on any atom is -0.497 e. The number of carbonyl (C=O) groups is 1. The standard InChI is InChI=1S/C23H22N4O4S/c1-3-11-26-19-10-8-17(31-2)15-21(19)32-23(26)24-22(28)16-7-9-18(20(14-16)27(29)30)25-12-5-4-6-13-25/h1,7-10,14-15H,4-6,11-13H2,2H3. The molecule has 3 aromatic rings. The quantitative estimate of drug-likeness (QED) is 0.333. The lowest BCUT2D eigenvalue weighted by atomic mass is 10.1. The number of nitro benzene ring substituents is 1. The number of carbonyl (C=O) groups excluding carboxylic acids is 1. The third kappa shape index (κ3) is 4.22. The molecule has 1 aliphatic heterocycles. The van der Waals surface area contributed by atoms with E-state index in [0.717, 1.165) is 42.6 Å². The fourth-order valence-corrected chi connectivity index (χ4v) is 4.92. The number of anilines is 1. The van der Waals surface area contributed by atoms with Crippen LogP contribution in [0.15, 0.2) is 41.4 Å². The molecule has 0 N–H and O–H groups in total. The topological polar surface area (TPSA) is 90.0 Å². The summed E-state index contributed by atoms with van der Waals surface area (Å²) in [7, 11) is 1.58. The highest BCUT2D eigenvalue weighted by Gasteiger charge is 2.23. The van der Waals surface area contributed by atoms with Gasteiger partial charge in [0.1, 0.15) is 11.4 Å². The number of nitro groups is 1. The van der Waals surface area contributed by atoms with Crippen LogP contribution in [-0.2, 0) is 6.54 Å². The number of fused-ring (bicyclic) bond motifs is 1. The number of rotatable bonds is 5. The predicted octanol–water partition coefficient (Wildman–Crippen LogP) is 3.98. The summed E-state index contributed by atoms with van der Waals surface area (Å²) >= 11 is 1.31. The maximum Gasteiger partial charge on any atom is 0.293 e. The van der Waals surface area contributed by atoms with Crippen LogP contribution in [-0.4, -0.2) is 35.6 Å². The van der Waals surface area contributed by atoms with Gasteiger partial charge >= 0.3 is 0 Å². The van der Waals surface area contributed by atoms with Crippen molar-refractivity contribution in [3.63, 3.8) is 0 Å². The molecule has 32 heavy (non-hydrogen) atoms.